The molecule has 0 saturated carbocycles. The molecule has 0 atom stereocenters. The second-order valence-corrected chi connectivity index (χ2v) is 4.57. The van der Waals surface area contributed by atoms with Crippen LogP contribution in [-0.4, -0.2) is 11.9 Å². The fourth-order valence-corrected chi connectivity index (χ4v) is 1.75. The molecule has 2 rings (SSSR count). The zero-order chi connectivity index (χ0) is 13.7. The monoisotopic (exact) mass is 255 g/mol. The lowest BCUT2D eigenvalue weighted by atomic mass is 10.0. The standard InChI is InChI=1S/C16H17NO2/c1-12(2)17-16(18)15(11-14-9-6-10-19-14)13-7-4-3-5-8-13/h3-12H,1-2H3,(H,17,18)/b15-11+. The Morgan fingerprint density at radius 3 is 2.47 bits per heavy atom. The van der Waals surface area contributed by atoms with Crippen molar-refractivity contribution in [2.75, 3.05) is 0 Å². The van der Waals surface area contributed by atoms with Crippen LogP contribution in [0.4, 0.5) is 0 Å². The highest BCUT2D eigenvalue weighted by Crippen LogP contribution is 2.18. The summed E-state index contributed by atoms with van der Waals surface area (Å²) in [6.07, 6.45) is 3.35. The molecule has 0 aliphatic heterocycles. The summed E-state index contributed by atoms with van der Waals surface area (Å²) in [4.78, 5) is 12.3. The molecular weight excluding hydrogens is 238 g/mol. The minimum Gasteiger partial charge on any atom is -0.465 e. The van der Waals surface area contributed by atoms with Crippen LogP contribution in [0.5, 0.6) is 0 Å². The molecule has 3 heteroatoms. The minimum absolute atomic E-state index is 0.0937. The van der Waals surface area contributed by atoms with Crippen molar-refractivity contribution in [1.29, 1.82) is 0 Å². The summed E-state index contributed by atoms with van der Waals surface area (Å²) in [5, 5.41) is 2.90. The van der Waals surface area contributed by atoms with Gasteiger partial charge >= 0.3 is 0 Å². The summed E-state index contributed by atoms with van der Waals surface area (Å²) in [6.45, 7) is 3.88. The van der Waals surface area contributed by atoms with E-state index in [9.17, 15) is 4.79 Å². The van der Waals surface area contributed by atoms with Crippen LogP contribution in [0.2, 0.25) is 0 Å². The maximum atomic E-state index is 12.3. The number of hydrogen-bond donors (Lipinski definition) is 1. The topological polar surface area (TPSA) is 42.2 Å². The fourth-order valence-electron chi connectivity index (χ4n) is 1.75. The molecule has 1 N–H and O–H groups in total. The smallest absolute Gasteiger partial charge is 0.252 e. The average Bonchev–Trinajstić information content (AvgIpc) is 2.89. The molecule has 0 radical (unpaired) electrons. The molecule has 19 heavy (non-hydrogen) atoms. The van der Waals surface area contributed by atoms with E-state index in [1.165, 1.54) is 0 Å². The van der Waals surface area contributed by atoms with Gasteiger partial charge in [-0.05, 0) is 37.6 Å². The minimum atomic E-state index is -0.0994. The van der Waals surface area contributed by atoms with E-state index in [1.807, 2.05) is 50.2 Å². The van der Waals surface area contributed by atoms with Gasteiger partial charge in [-0.3, -0.25) is 4.79 Å². The quantitative estimate of drug-likeness (QED) is 0.851. The van der Waals surface area contributed by atoms with Gasteiger partial charge < -0.3 is 9.73 Å². The van der Waals surface area contributed by atoms with Crippen LogP contribution in [0.25, 0.3) is 11.6 Å². The first-order chi connectivity index (χ1) is 9.16. The summed E-state index contributed by atoms with van der Waals surface area (Å²) in [6, 6.07) is 13.3. The first kappa shape index (κ1) is 13.1. The van der Waals surface area contributed by atoms with E-state index in [-0.39, 0.29) is 11.9 Å². The van der Waals surface area contributed by atoms with Gasteiger partial charge in [0.1, 0.15) is 5.76 Å². The Bertz CT molecular complexity index is 554. The van der Waals surface area contributed by atoms with Crippen molar-refractivity contribution in [3.63, 3.8) is 0 Å². The van der Waals surface area contributed by atoms with E-state index < -0.39 is 0 Å². The van der Waals surface area contributed by atoms with E-state index in [0.717, 1.165) is 5.56 Å². The van der Waals surface area contributed by atoms with Gasteiger partial charge in [-0.2, -0.15) is 0 Å². The normalized spacial score (nSPS) is 11.6. The summed E-state index contributed by atoms with van der Waals surface area (Å²) in [5.41, 5.74) is 1.47. The van der Waals surface area contributed by atoms with Crippen LogP contribution < -0.4 is 5.32 Å². The third kappa shape index (κ3) is 3.58. The Kier molecular flexibility index (Phi) is 4.18. The molecule has 1 aromatic heterocycles. The summed E-state index contributed by atoms with van der Waals surface area (Å²) >= 11 is 0. The number of furan rings is 1. The summed E-state index contributed by atoms with van der Waals surface area (Å²) in [5.74, 6) is 0.565. The van der Waals surface area contributed by atoms with Gasteiger partial charge in [-0.15, -0.1) is 0 Å². The molecule has 0 aliphatic rings. The van der Waals surface area contributed by atoms with E-state index in [0.29, 0.717) is 11.3 Å². The molecule has 98 valence electrons. The van der Waals surface area contributed by atoms with Crippen molar-refractivity contribution in [3.8, 4) is 0 Å². The van der Waals surface area contributed by atoms with Gasteiger partial charge in [0.05, 0.1) is 11.8 Å². The molecule has 1 aromatic carbocycles. The lowest BCUT2D eigenvalue weighted by Crippen LogP contribution is -2.30. The first-order valence-electron chi connectivity index (χ1n) is 6.28. The van der Waals surface area contributed by atoms with Crippen molar-refractivity contribution in [2.45, 2.75) is 19.9 Å². The van der Waals surface area contributed by atoms with Crippen LogP contribution in [0.3, 0.4) is 0 Å². The van der Waals surface area contributed by atoms with Gasteiger partial charge in [0.2, 0.25) is 0 Å². The molecule has 2 aromatic rings. The number of benzene rings is 1. The van der Waals surface area contributed by atoms with Gasteiger partial charge in [0.25, 0.3) is 5.91 Å². The largest absolute Gasteiger partial charge is 0.465 e. The summed E-state index contributed by atoms with van der Waals surface area (Å²) in [7, 11) is 0. The highest BCUT2D eigenvalue weighted by atomic mass is 16.3. The number of rotatable bonds is 4. The number of carbonyl (C=O) groups is 1. The maximum Gasteiger partial charge on any atom is 0.252 e. The van der Waals surface area contributed by atoms with Crippen LogP contribution in [0, 0.1) is 0 Å². The molecule has 0 aliphatic carbocycles. The highest BCUT2D eigenvalue weighted by molar-refractivity contribution is 6.24. The Balaban J connectivity index is 2.37. The molecule has 1 amide bonds. The second-order valence-electron chi connectivity index (χ2n) is 4.57. The lowest BCUT2D eigenvalue weighted by Gasteiger charge is -2.11. The second kappa shape index (κ2) is 6.05. The third-order valence-electron chi connectivity index (χ3n) is 2.58. The molecule has 0 spiro atoms. The molecule has 0 fully saturated rings. The first-order valence-corrected chi connectivity index (χ1v) is 6.28. The predicted octanol–water partition coefficient (Wildman–Crippen LogP) is 3.34. The van der Waals surface area contributed by atoms with Crippen LogP contribution in [0.15, 0.2) is 53.1 Å². The SMILES string of the molecule is CC(C)NC(=O)/C(=C/c1ccco1)c1ccccc1. The predicted molar refractivity (Wildman–Crippen MR) is 76.3 cm³/mol. The van der Waals surface area contributed by atoms with Crippen LogP contribution in [-0.2, 0) is 4.79 Å². The van der Waals surface area contributed by atoms with Crippen LogP contribution >= 0.6 is 0 Å². The zero-order valence-electron chi connectivity index (χ0n) is 11.1. The molecule has 0 saturated heterocycles. The summed E-state index contributed by atoms with van der Waals surface area (Å²) < 4.78 is 5.28. The molecule has 0 bridgehead atoms. The van der Waals surface area contributed by atoms with Gasteiger partial charge in [0, 0.05) is 6.04 Å². The zero-order valence-corrected chi connectivity index (χ0v) is 11.1. The van der Waals surface area contributed by atoms with Crippen molar-refractivity contribution in [3.05, 3.63) is 60.1 Å². The number of hydrogen-bond acceptors (Lipinski definition) is 2. The fraction of sp³-hybridized carbons (Fsp3) is 0.188. The van der Waals surface area contributed by atoms with Crippen molar-refractivity contribution in [2.24, 2.45) is 0 Å². The maximum absolute atomic E-state index is 12.3. The third-order valence-corrected chi connectivity index (χ3v) is 2.58. The molecule has 3 nitrogen and oxygen atoms in total. The molecule has 0 unspecified atom stereocenters. The molecule has 1 heterocycles. The Morgan fingerprint density at radius 2 is 1.89 bits per heavy atom. The van der Waals surface area contributed by atoms with Gasteiger partial charge in [-0.25, -0.2) is 0 Å². The lowest BCUT2D eigenvalue weighted by molar-refractivity contribution is -0.116. The number of nitrogens with one attached hydrogen (secondary N) is 1. The average molecular weight is 255 g/mol. The van der Waals surface area contributed by atoms with Crippen molar-refractivity contribution < 1.29 is 9.21 Å². The highest BCUT2D eigenvalue weighted by Gasteiger charge is 2.13. The van der Waals surface area contributed by atoms with Crippen molar-refractivity contribution in [1.82, 2.24) is 5.32 Å². The van der Waals surface area contributed by atoms with Crippen molar-refractivity contribution >= 4 is 17.6 Å². The van der Waals surface area contributed by atoms with Gasteiger partial charge in [0.15, 0.2) is 0 Å². The van der Waals surface area contributed by atoms with Crippen LogP contribution in [0.1, 0.15) is 25.2 Å². The number of amides is 1. The number of carbonyl (C=O) groups excluding carboxylic acids is 1. The van der Waals surface area contributed by atoms with E-state index in [4.69, 9.17) is 4.42 Å². The molecular formula is C16H17NO2. The van der Waals surface area contributed by atoms with E-state index in [1.54, 1.807) is 18.4 Å². The van der Waals surface area contributed by atoms with E-state index >= 15 is 0 Å². The van der Waals surface area contributed by atoms with Gasteiger partial charge in [-0.1, -0.05) is 30.3 Å². The Labute approximate surface area is 112 Å². The Hall–Kier alpha value is -2.29. The Morgan fingerprint density at radius 1 is 1.16 bits per heavy atom. The van der Waals surface area contributed by atoms with E-state index in [2.05, 4.69) is 5.32 Å².